The van der Waals surface area contributed by atoms with Crippen LogP contribution >= 0.6 is 11.8 Å². The van der Waals surface area contributed by atoms with Crippen LogP contribution in [0.4, 0.5) is 0 Å². The zero-order chi connectivity index (χ0) is 14.5. The molecule has 0 bridgehead atoms. The minimum absolute atomic E-state index is 0.0451. The molecule has 4 nitrogen and oxygen atoms in total. The van der Waals surface area contributed by atoms with Crippen LogP contribution < -0.4 is 10.1 Å². The molecule has 0 aromatic heterocycles. The number of quaternary nitrogens is 1. The van der Waals surface area contributed by atoms with Gasteiger partial charge in [0.05, 0.1) is 32.0 Å². The van der Waals surface area contributed by atoms with E-state index in [2.05, 4.69) is 24.4 Å². The van der Waals surface area contributed by atoms with Crippen molar-refractivity contribution in [2.24, 2.45) is 0 Å². The third-order valence-corrected chi connectivity index (χ3v) is 4.91. The topological polar surface area (TPSA) is 46.2 Å². The lowest BCUT2D eigenvalue weighted by molar-refractivity contribution is -0.651. The number of carbonyl (C=O) groups is 1. The SMILES string of the molecule is CC[NH2+]CCN1C(=O)[C@H](C)S[C@@H]1c1ccc(OC)cc1. The second kappa shape index (κ2) is 6.99. The molecule has 5 heteroatoms. The van der Waals surface area contributed by atoms with E-state index in [-0.39, 0.29) is 16.5 Å². The third kappa shape index (κ3) is 3.27. The van der Waals surface area contributed by atoms with E-state index in [4.69, 9.17) is 4.74 Å². The zero-order valence-corrected chi connectivity index (χ0v) is 13.2. The fourth-order valence-corrected chi connectivity index (χ4v) is 3.67. The van der Waals surface area contributed by atoms with Gasteiger partial charge >= 0.3 is 0 Å². The van der Waals surface area contributed by atoms with Crippen LogP contribution in [0.3, 0.4) is 0 Å². The summed E-state index contributed by atoms with van der Waals surface area (Å²) in [6, 6.07) is 8.02. The Labute approximate surface area is 124 Å². The van der Waals surface area contributed by atoms with E-state index < -0.39 is 0 Å². The van der Waals surface area contributed by atoms with Crippen LogP contribution in [0.5, 0.6) is 5.75 Å². The van der Waals surface area contributed by atoms with E-state index in [0.717, 1.165) is 25.4 Å². The van der Waals surface area contributed by atoms with Gasteiger partial charge in [0.25, 0.3) is 0 Å². The number of benzene rings is 1. The number of nitrogens with two attached hydrogens (primary N) is 1. The molecule has 0 spiro atoms. The molecule has 1 aromatic rings. The summed E-state index contributed by atoms with van der Waals surface area (Å²) in [6.45, 7) is 6.94. The quantitative estimate of drug-likeness (QED) is 0.803. The molecule has 20 heavy (non-hydrogen) atoms. The fraction of sp³-hybridized carbons (Fsp3) is 0.533. The number of nitrogens with zero attached hydrogens (tertiary/aromatic N) is 1. The number of amides is 1. The molecule has 2 atom stereocenters. The Bertz CT molecular complexity index is 450. The molecule has 1 aromatic carbocycles. The predicted molar refractivity (Wildman–Crippen MR) is 81.8 cm³/mol. The summed E-state index contributed by atoms with van der Waals surface area (Å²) < 4.78 is 5.19. The van der Waals surface area contributed by atoms with Gasteiger partial charge in [0, 0.05) is 0 Å². The van der Waals surface area contributed by atoms with Crippen molar-refractivity contribution in [1.29, 1.82) is 0 Å². The van der Waals surface area contributed by atoms with Crippen LogP contribution in [-0.4, -0.2) is 42.8 Å². The highest BCUT2D eigenvalue weighted by atomic mass is 32.2. The first-order chi connectivity index (χ1) is 9.67. The largest absolute Gasteiger partial charge is 0.497 e. The van der Waals surface area contributed by atoms with Gasteiger partial charge < -0.3 is 15.0 Å². The standard InChI is InChI=1S/C15H22N2O2S/c1-4-16-9-10-17-14(18)11(2)20-15(17)12-5-7-13(19-3)8-6-12/h5-8,11,15-16H,4,9-10H2,1-3H3/p+1/t11-,15+/m0/s1. The van der Waals surface area contributed by atoms with Gasteiger partial charge in [-0.05, 0) is 31.5 Å². The summed E-state index contributed by atoms with van der Waals surface area (Å²) in [5.41, 5.74) is 1.17. The summed E-state index contributed by atoms with van der Waals surface area (Å²) in [6.07, 6.45) is 0. The van der Waals surface area contributed by atoms with Gasteiger partial charge in [-0.2, -0.15) is 0 Å². The van der Waals surface area contributed by atoms with E-state index in [1.807, 2.05) is 24.0 Å². The Morgan fingerprint density at radius 1 is 1.35 bits per heavy atom. The van der Waals surface area contributed by atoms with Crippen LogP contribution in [-0.2, 0) is 4.79 Å². The molecule has 0 aliphatic carbocycles. The molecule has 1 aliphatic heterocycles. The number of likely N-dealkylation sites (N-methyl/N-ethyl adjacent to an activating group) is 1. The van der Waals surface area contributed by atoms with E-state index in [0.29, 0.717) is 0 Å². The van der Waals surface area contributed by atoms with Crippen LogP contribution in [0.1, 0.15) is 24.8 Å². The number of hydrogen-bond acceptors (Lipinski definition) is 3. The molecule has 1 fully saturated rings. The summed E-state index contributed by atoms with van der Waals surface area (Å²) in [7, 11) is 1.66. The van der Waals surface area contributed by atoms with Gasteiger partial charge in [-0.3, -0.25) is 4.79 Å². The molecular formula is C15H23N2O2S+. The molecular weight excluding hydrogens is 272 g/mol. The fourth-order valence-electron chi connectivity index (χ4n) is 2.36. The van der Waals surface area contributed by atoms with Gasteiger partial charge in [0.15, 0.2) is 0 Å². The van der Waals surface area contributed by atoms with E-state index in [1.54, 1.807) is 18.9 Å². The van der Waals surface area contributed by atoms with E-state index in [1.165, 1.54) is 5.56 Å². The Kier molecular flexibility index (Phi) is 5.31. The minimum Gasteiger partial charge on any atom is -0.497 e. The monoisotopic (exact) mass is 295 g/mol. The van der Waals surface area contributed by atoms with Crippen LogP contribution in [0.15, 0.2) is 24.3 Å². The lowest BCUT2D eigenvalue weighted by Crippen LogP contribution is -2.85. The smallest absolute Gasteiger partial charge is 0.236 e. The molecule has 0 saturated carbocycles. The van der Waals surface area contributed by atoms with Crippen molar-refractivity contribution in [2.45, 2.75) is 24.5 Å². The number of rotatable bonds is 6. The lowest BCUT2D eigenvalue weighted by Gasteiger charge is -2.23. The summed E-state index contributed by atoms with van der Waals surface area (Å²) >= 11 is 1.73. The normalized spacial score (nSPS) is 22.4. The first-order valence-electron chi connectivity index (χ1n) is 7.09. The maximum atomic E-state index is 12.3. The van der Waals surface area contributed by atoms with Crippen molar-refractivity contribution in [1.82, 2.24) is 4.90 Å². The van der Waals surface area contributed by atoms with Gasteiger partial charge in [0.2, 0.25) is 5.91 Å². The van der Waals surface area contributed by atoms with E-state index in [9.17, 15) is 4.79 Å². The summed E-state index contributed by atoms with van der Waals surface area (Å²) in [4.78, 5) is 14.3. The second-order valence-corrected chi connectivity index (χ2v) is 6.35. The van der Waals surface area contributed by atoms with Crippen molar-refractivity contribution in [3.05, 3.63) is 29.8 Å². The Morgan fingerprint density at radius 3 is 2.65 bits per heavy atom. The highest BCUT2D eigenvalue weighted by Gasteiger charge is 2.38. The first kappa shape index (κ1) is 15.2. The van der Waals surface area contributed by atoms with Gasteiger partial charge in [-0.15, -0.1) is 11.8 Å². The summed E-state index contributed by atoms with van der Waals surface area (Å²) in [5.74, 6) is 1.10. The molecule has 1 amide bonds. The average molecular weight is 295 g/mol. The minimum atomic E-state index is 0.0451. The highest BCUT2D eigenvalue weighted by Crippen LogP contribution is 2.42. The van der Waals surface area contributed by atoms with Gasteiger partial charge in [-0.25, -0.2) is 0 Å². The molecule has 1 heterocycles. The number of ether oxygens (including phenoxy) is 1. The number of carbonyl (C=O) groups excluding carboxylic acids is 1. The van der Waals surface area contributed by atoms with Crippen molar-refractivity contribution < 1.29 is 14.8 Å². The third-order valence-electron chi connectivity index (χ3n) is 3.51. The van der Waals surface area contributed by atoms with Crippen molar-refractivity contribution >= 4 is 17.7 Å². The van der Waals surface area contributed by atoms with Crippen molar-refractivity contribution in [3.8, 4) is 5.75 Å². The summed E-state index contributed by atoms with van der Waals surface area (Å²) in [5, 5.41) is 2.41. The van der Waals surface area contributed by atoms with Crippen LogP contribution in [0.2, 0.25) is 0 Å². The van der Waals surface area contributed by atoms with Gasteiger partial charge in [0.1, 0.15) is 11.1 Å². The lowest BCUT2D eigenvalue weighted by atomic mass is 10.2. The Hall–Kier alpha value is -1.20. The maximum Gasteiger partial charge on any atom is 0.236 e. The molecule has 2 rings (SSSR count). The highest BCUT2D eigenvalue weighted by molar-refractivity contribution is 8.01. The Morgan fingerprint density at radius 2 is 2.05 bits per heavy atom. The van der Waals surface area contributed by atoms with Crippen LogP contribution in [0, 0.1) is 0 Å². The van der Waals surface area contributed by atoms with E-state index >= 15 is 0 Å². The van der Waals surface area contributed by atoms with Crippen LogP contribution in [0.25, 0.3) is 0 Å². The average Bonchev–Trinajstić information content (AvgIpc) is 2.76. The molecule has 110 valence electrons. The zero-order valence-electron chi connectivity index (χ0n) is 12.3. The molecule has 2 N–H and O–H groups in total. The Balaban J connectivity index is 2.12. The van der Waals surface area contributed by atoms with Crippen molar-refractivity contribution in [3.63, 3.8) is 0 Å². The molecule has 0 radical (unpaired) electrons. The van der Waals surface area contributed by atoms with Gasteiger partial charge in [-0.1, -0.05) is 12.1 Å². The molecule has 1 aliphatic rings. The number of methoxy groups -OCH3 is 1. The molecule has 0 unspecified atom stereocenters. The molecule has 1 saturated heterocycles. The predicted octanol–water partition coefficient (Wildman–Crippen LogP) is 1.24. The maximum absolute atomic E-state index is 12.3. The number of hydrogen-bond donors (Lipinski definition) is 1. The van der Waals surface area contributed by atoms with Crippen molar-refractivity contribution in [2.75, 3.05) is 26.7 Å². The second-order valence-electron chi connectivity index (χ2n) is 4.92. The first-order valence-corrected chi connectivity index (χ1v) is 8.03. The number of thioether (sulfide) groups is 1.